The number of hydrogen-bond acceptors (Lipinski definition) is 3. The molecule has 1 N–H and O–H groups in total. The van der Waals surface area contributed by atoms with Gasteiger partial charge in [0.2, 0.25) is 0 Å². The topological polar surface area (TPSA) is 43.8 Å². The molecule has 1 aliphatic rings. The molecule has 1 aliphatic heterocycles. The monoisotopic (exact) mass is 368 g/mol. The molecule has 2 rings (SSSR count). The highest BCUT2D eigenvalue weighted by Crippen LogP contribution is 2.28. The van der Waals surface area contributed by atoms with Crippen LogP contribution in [0.25, 0.3) is 0 Å². The molecule has 0 spiro atoms. The van der Waals surface area contributed by atoms with Crippen molar-refractivity contribution < 1.29 is 9.90 Å². The molecule has 0 aliphatic carbocycles. The van der Waals surface area contributed by atoms with Crippen LogP contribution in [0.1, 0.15) is 57.7 Å². The predicted molar refractivity (Wildman–Crippen MR) is 106 cm³/mol. The van der Waals surface area contributed by atoms with E-state index in [9.17, 15) is 4.79 Å². The molecule has 0 saturated carbocycles. The maximum Gasteiger partial charge on any atom is 0.317 e. The summed E-state index contributed by atoms with van der Waals surface area (Å²) in [7, 11) is 1.92. The third kappa shape index (κ3) is 5.98. The van der Waals surface area contributed by atoms with Crippen molar-refractivity contribution in [3.05, 3.63) is 35.4 Å². The van der Waals surface area contributed by atoms with E-state index in [1.807, 2.05) is 11.9 Å². The zero-order valence-electron chi connectivity index (χ0n) is 16.2. The summed E-state index contributed by atoms with van der Waals surface area (Å²) in [5.41, 5.74) is 2.92. The van der Waals surface area contributed by atoms with E-state index in [4.69, 9.17) is 5.11 Å². The van der Waals surface area contributed by atoms with Gasteiger partial charge in [-0.15, -0.1) is 12.4 Å². The summed E-state index contributed by atoms with van der Waals surface area (Å²) in [6.45, 7) is 11.2. The van der Waals surface area contributed by atoms with E-state index < -0.39 is 5.97 Å². The summed E-state index contributed by atoms with van der Waals surface area (Å²) in [5.74, 6) is -0.743. The third-order valence-electron chi connectivity index (χ3n) is 5.31. The number of carbonyl (C=O) groups is 1. The van der Waals surface area contributed by atoms with Gasteiger partial charge in [-0.3, -0.25) is 14.6 Å². The fourth-order valence-electron chi connectivity index (χ4n) is 3.53. The lowest BCUT2D eigenvalue weighted by molar-refractivity contribution is -0.138. The van der Waals surface area contributed by atoms with Crippen LogP contribution in [-0.4, -0.2) is 53.6 Å². The Bertz CT molecular complexity index is 546. The maximum atomic E-state index is 10.9. The second-order valence-electron chi connectivity index (χ2n) is 8.12. The molecule has 1 aromatic carbocycles. The number of rotatable bonds is 5. The number of halogens is 1. The average Bonchev–Trinajstić information content (AvgIpc) is 2.53. The largest absolute Gasteiger partial charge is 0.480 e. The molecule has 1 atom stereocenters. The van der Waals surface area contributed by atoms with Crippen LogP contribution in [0.3, 0.4) is 0 Å². The van der Waals surface area contributed by atoms with Crippen LogP contribution in [0.4, 0.5) is 0 Å². The van der Waals surface area contributed by atoms with Gasteiger partial charge >= 0.3 is 5.97 Å². The van der Waals surface area contributed by atoms with E-state index >= 15 is 0 Å². The van der Waals surface area contributed by atoms with Crippen molar-refractivity contribution in [2.45, 2.75) is 58.0 Å². The number of carboxylic acid groups (broad SMARTS) is 1. The van der Waals surface area contributed by atoms with Crippen LogP contribution in [0, 0.1) is 0 Å². The molecule has 0 aromatic heterocycles. The highest BCUT2D eigenvalue weighted by Gasteiger charge is 2.26. The number of piperidine rings is 1. The summed E-state index contributed by atoms with van der Waals surface area (Å²) >= 11 is 0. The van der Waals surface area contributed by atoms with Gasteiger partial charge in [0.15, 0.2) is 0 Å². The Hall–Kier alpha value is -1.10. The van der Waals surface area contributed by atoms with Crippen molar-refractivity contribution in [3.8, 4) is 0 Å². The van der Waals surface area contributed by atoms with Gasteiger partial charge in [-0.05, 0) is 43.4 Å². The molecule has 4 nitrogen and oxygen atoms in total. The Balaban J connectivity index is 0.00000312. The van der Waals surface area contributed by atoms with Crippen molar-refractivity contribution in [1.29, 1.82) is 0 Å². The van der Waals surface area contributed by atoms with Crippen molar-refractivity contribution in [1.82, 2.24) is 9.80 Å². The van der Waals surface area contributed by atoms with E-state index in [0.717, 1.165) is 25.9 Å². The van der Waals surface area contributed by atoms with Gasteiger partial charge in [-0.1, -0.05) is 45.0 Å². The first-order valence-corrected chi connectivity index (χ1v) is 8.95. The molecular weight excluding hydrogens is 336 g/mol. The standard InChI is InChI=1S/C20H32N2O2.ClH/c1-15(16-6-8-17(9-7-16)20(2,3)4)22-12-10-18(11-13-22)21(5)14-19(23)24;/h6-9,15,18H,10-14H2,1-5H3,(H,23,24);1H. The van der Waals surface area contributed by atoms with Crippen LogP contribution in [0.2, 0.25) is 0 Å². The van der Waals surface area contributed by atoms with Crippen molar-refractivity contribution >= 4 is 18.4 Å². The van der Waals surface area contributed by atoms with Gasteiger partial charge in [-0.25, -0.2) is 0 Å². The molecule has 1 unspecified atom stereocenters. The Kier molecular flexibility index (Phi) is 7.91. The Morgan fingerprint density at radius 3 is 2.20 bits per heavy atom. The number of benzene rings is 1. The highest BCUT2D eigenvalue weighted by molar-refractivity contribution is 5.85. The first-order chi connectivity index (χ1) is 11.2. The zero-order valence-corrected chi connectivity index (χ0v) is 17.0. The van der Waals surface area contributed by atoms with Gasteiger partial charge in [0.25, 0.3) is 0 Å². The van der Waals surface area contributed by atoms with Gasteiger partial charge in [0.05, 0.1) is 6.54 Å². The van der Waals surface area contributed by atoms with Crippen molar-refractivity contribution in [2.75, 3.05) is 26.7 Å². The summed E-state index contributed by atoms with van der Waals surface area (Å²) < 4.78 is 0. The molecule has 1 fully saturated rings. The molecule has 25 heavy (non-hydrogen) atoms. The third-order valence-corrected chi connectivity index (χ3v) is 5.31. The summed E-state index contributed by atoms with van der Waals surface area (Å²) in [5, 5.41) is 8.93. The quantitative estimate of drug-likeness (QED) is 0.854. The number of carboxylic acids is 1. The van der Waals surface area contributed by atoms with Crippen molar-refractivity contribution in [3.63, 3.8) is 0 Å². The SMILES string of the molecule is CC(c1ccc(C(C)(C)C)cc1)N1CCC(N(C)CC(=O)O)CC1.Cl. The fraction of sp³-hybridized carbons (Fsp3) is 0.650. The molecule has 0 amide bonds. The average molecular weight is 369 g/mol. The first-order valence-electron chi connectivity index (χ1n) is 8.95. The van der Waals surface area contributed by atoms with Crippen LogP contribution >= 0.6 is 12.4 Å². The molecule has 5 heteroatoms. The van der Waals surface area contributed by atoms with E-state index in [1.54, 1.807) is 0 Å². The van der Waals surface area contributed by atoms with Crippen LogP contribution in [-0.2, 0) is 10.2 Å². The lowest BCUT2D eigenvalue weighted by Crippen LogP contribution is -2.45. The van der Waals surface area contributed by atoms with E-state index in [2.05, 4.69) is 56.9 Å². The van der Waals surface area contributed by atoms with Crippen LogP contribution in [0.15, 0.2) is 24.3 Å². The lowest BCUT2D eigenvalue weighted by atomic mass is 9.86. The van der Waals surface area contributed by atoms with Gasteiger partial charge in [0.1, 0.15) is 0 Å². The van der Waals surface area contributed by atoms with Crippen LogP contribution < -0.4 is 0 Å². The minimum Gasteiger partial charge on any atom is -0.480 e. The number of hydrogen-bond donors (Lipinski definition) is 1. The van der Waals surface area contributed by atoms with Crippen molar-refractivity contribution in [2.24, 2.45) is 0 Å². The summed E-state index contributed by atoms with van der Waals surface area (Å²) in [4.78, 5) is 15.3. The molecule has 142 valence electrons. The first kappa shape index (κ1) is 21.9. The minimum atomic E-state index is -0.743. The lowest BCUT2D eigenvalue weighted by Gasteiger charge is -2.39. The van der Waals surface area contributed by atoms with E-state index in [1.165, 1.54) is 11.1 Å². The highest BCUT2D eigenvalue weighted by atomic mass is 35.5. The molecule has 0 radical (unpaired) electrons. The summed E-state index contributed by atoms with van der Waals surface area (Å²) in [6.07, 6.45) is 2.07. The minimum absolute atomic E-state index is 0. The number of aliphatic carboxylic acids is 1. The number of likely N-dealkylation sites (N-methyl/N-ethyl adjacent to an activating group) is 1. The molecule has 1 heterocycles. The molecule has 1 saturated heterocycles. The number of nitrogens with zero attached hydrogens (tertiary/aromatic N) is 2. The Labute approximate surface area is 158 Å². The normalized spacial score (nSPS) is 18.0. The Morgan fingerprint density at radius 2 is 1.76 bits per heavy atom. The molecule has 1 aromatic rings. The fourth-order valence-corrected chi connectivity index (χ4v) is 3.53. The number of likely N-dealkylation sites (tertiary alicyclic amines) is 1. The molecular formula is C20H33ClN2O2. The second kappa shape index (κ2) is 9.02. The van der Waals surface area contributed by atoms with Gasteiger partial charge < -0.3 is 5.11 Å². The second-order valence-corrected chi connectivity index (χ2v) is 8.12. The zero-order chi connectivity index (χ0) is 17.9. The van der Waals surface area contributed by atoms with Gasteiger partial charge in [-0.2, -0.15) is 0 Å². The maximum absolute atomic E-state index is 10.9. The van der Waals surface area contributed by atoms with E-state index in [0.29, 0.717) is 12.1 Å². The van der Waals surface area contributed by atoms with Crippen LogP contribution in [0.5, 0.6) is 0 Å². The summed E-state index contributed by atoms with van der Waals surface area (Å²) in [6, 6.07) is 9.80. The van der Waals surface area contributed by atoms with E-state index in [-0.39, 0.29) is 24.4 Å². The predicted octanol–water partition coefficient (Wildman–Crippen LogP) is 3.95. The Morgan fingerprint density at radius 1 is 1.24 bits per heavy atom. The van der Waals surface area contributed by atoms with Gasteiger partial charge in [0, 0.05) is 25.2 Å². The molecule has 0 bridgehead atoms. The smallest absolute Gasteiger partial charge is 0.317 e.